The molecule has 2 amide bonds. The summed E-state index contributed by atoms with van der Waals surface area (Å²) in [5.74, 6) is -0.635. The first kappa shape index (κ1) is 29.7. The molecule has 2 aromatic rings. The largest absolute Gasteiger partial charge is 0.352 e. The van der Waals surface area contributed by atoms with Crippen LogP contribution in [0.3, 0.4) is 0 Å². The van der Waals surface area contributed by atoms with E-state index in [0.29, 0.717) is 5.69 Å². The number of rotatable bonds is 9. The third kappa shape index (κ3) is 7.82. The lowest BCUT2D eigenvalue weighted by molar-refractivity contribution is -0.139. The van der Waals surface area contributed by atoms with E-state index in [1.165, 1.54) is 11.3 Å². The molecule has 8 heteroatoms. The summed E-state index contributed by atoms with van der Waals surface area (Å²) in [6.07, 6.45) is 6.33. The molecule has 0 saturated heterocycles. The third-order valence-electron chi connectivity index (χ3n) is 7.42. The van der Waals surface area contributed by atoms with Gasteiger partial charge in [0.2, 0.25) is 21.8 Å². The van der Waals surface area contributed by atoms with Crippen molar-refractivity contribution in [2.75, 3.05) is 17.1 Å². The molecule has 0 aromatic heterocycles. The molecule has 0 radical (unpaired) electrons. The number of anilines is 1. The fraction of sp³-hybridized carbons (Fsp3) is 0.533. The van der Waals surface area contributed by atoms with Gasteiger partial charge in [-0.15, -0.1) is 0 Å². The van der Waals surface area contributed by atoms with E-state index in [1.807, 2.05) is 43.3 Å². The van der Waals surface area contributed by atoms with Crippen molar-refractivity contribution in [2.45, 2.75) is 90.8 Å². The molecule has 1 N–H and O–H groups in total. The standard InChI is InChI=1S/C30H43N3O4S/c1-22-12-10-11-13-24(22)20-32(23(2)29(35)31-26-14-8-7-9-15-26)28(34)21-33(38(6,36)37)27-18-16-25(17-19-27)30(3,4)5/h10-13,16-19,23,26H,7-9,14-15,20-21H2,1-6H3,(H,31,35). The van der Waals surface area contributed by atoms with Crippen LogP contribution in [0.5, 0.6) is 0 Å². The van der Waals surface area contributed by atoms with Gasteiger partial charge in [-0.2, -0.15) is 0 Å². The molecule has 0 aliphatic heterocycles. The molecule has 1 aliphatic rings. The summed E-state index contributed by atoms with van der Waals surface area (Å²) in [7, 11) is -3.76. The second-order valence-electron chi connectivity index (χ2n) is 11.5. The van der Waals surface area contributed by atoms with Crippen LogP contribution in [0.2, 0.25) is 0 Å². The molecule has 1 atom stereocenters. The number of sulfonamides is 1. The highest BCUT2D eigenvalue weighted by Gasteiger charge is 2.31. The molecule has 0 heterocycles. The Morgan fingerprint density at radius 2 is 1.61 bits per heavy atom. The third-order valence-corrected chi connectivity index (χ3v) is 8.56. The van der Waals surface area contributed by atoms with Gasteiger partial charge in [0, 0.05) is 12.6 Å². The highest BCUT2D eigenvalue weighted by atomic mass is 32.2. The van der Waals surface area contributed by atoms with Gasteiger partial charge in [0.25, 0.3) is 0 Å². The lowest BCUT2D eigenvalue weighted by Gasteiger charge is -2.33. The number of carbonyl (C=O) groups is 2. The van der Waals surface area contributed by atoms with Crippen molar-refractivity contribution in [1.82, 2.24) is 10.2 Å². The zero-order valence-electron chi connectivity index (χ0n) is 23.7. The summed E-state index contributed by atoms with van der Waals surface area (Å²) in [6, 6.07) is 14.3. The second kappa shape index (κ2) is 12.3. The average Bonchev–Trinajstić information content (AvgIpc) is 2.85. The number of aryl methyl sites for hydroxylation is 1. The Morgan fingerprint density at radius 3 is 2.16 bits per heavy atom. The van der Waals surface area contributed by atoms with Crippen LogP contribution in [-0.4, -0.2) is 50.0 Å². The molecule has 208 valence electrons. The minimum atomic E-state index is -3.76. The molecule has 1 saturated carbocycles. The number of nitrogens with zero attached hydrogens (tertiary/aromatic N) is 2. The molecular formula is C30H43N3O4S. The Hall–Kier alpha value is -2.87. The molecule has 1 unspecified atom stereocenters. The second-order valence-corrected chi connectivity index (χ2v) is 13.4. The lowest BCUT2D eigenvalue weighted by Crippen LogP contribution is -2.53. The monoisotopic (exact) mass is 541 g/mol. The molecule has 7 nitrogen and oxygen atoms in total. The van der Waals surface area contributed by atoms with Crippen LogP contribution in [0.4, 0.5) is 5.69 Å². The van der Waals surface area contributed by atoms with Gasteiger partial charge in [-0.25, -0.2) is 8.42 Å². The Labute approximate surface area is 228 Å². The van der Waals surface area contributed by atoms with E-state index in [0.717, 1.165) is 52.9 Å². The molecular weight excluding hydrogens is 498 g/mol. The highest BCUT2D eigenvalue weighted by molar-refractivity contribution is 7.92. The van der Waals surface area contributed by atoms with Gasteiger partial charge in [0.15, 0.2) is 0 Å². The minimum absolute atomic E-state index is 0.0876. The first-order valence-corrected chi connectivity index (χ1v) is 15.3. The number of amides is 2. The van der Waals surface area contributed by atoms with Crippen LogP contribution in [-0.2, 0) is 31.6 Å². The Kier molecular flexibility index (Phi) is 9.63. The zero-order valence-corrected chi connectivity index (χ0v) is 24.5. The predicted molar refractivity (Wildman–Crippen MR) is 154 cm³/mol. The van der Waals surface area contributed by atoms with Crippen molar-refractivity contribution >= 4 is 27.5 Å². The van der Waals surface area contributed by atoms with E-state index in [-0.39, 0.29) is 30.5 Å². The van der Waals surface area contributed by atoms with Gasteiger partial charge in [-0.1, -0.05) is 76.4 Å². The number of hydrogen-bond acceptors (Lipinski definition) is 4. The Balaban J connectivity index is 1.89. The van der Waals surface area contributed by atoms with Crippen molar-refractivity contribution in [1.29, 1.82) is 0 Å². The highest BCUT2D eigenvalue weighted by Crippen LogP contribution is 2.26. The van der Waals surface area contributed by atoms with Crippen LogP contribution < -0.4 is 9.62 Å². The van der Waals surface area contributed by atoms with E-state index in [4.69, 9.17) is 0 Å². The van der Waals surface area contributed by atoms with Crippen LogP contribution in [0.1, 0.15) is 76.5 Å². The summed E-state index contributed by atoms with van der Waals surface area (Å²) in [6.45, 7) is 9.77. The van der Waals surface area contributed by atoms with E-state index in [9.17, 15) is 18.0 Å². The average molecular weight is 542 g/mol. The Morgan fingerprint density at radius 1 is 1.00 bits per heavy atom. The van der Waals surface area contributed by atoms with Crippen molar-refractivity contribution in [2.24, 2.45) is 0 Å². The molecule has 0 spiro atoms. The summed E-state index contributed by atoms with van der Waals surface area (Å²) < 4.78 is 26.8. The van der Waals surface area contributed by atoms with Gasteiger partial charge in [-0.05, 0) is 60.9 Å². The molecule has 1 fully saturated rings. The van der Waals surface area contributed by atoms with Crippen LogP contribution in [0.15, 0.2) is 48.5 Å². The van der Waals surface area contributed by atoms with Gasteiger partial charge in [0.1, 0.15) is 12.6 Å². The zero-order chi connectivity index (χ0) is 28.1. The maximum atomic E-state index is 13.8. The van der Waals surface area contributed by atoms with Crippen LogP contribution in [0, 0.1) is 6.92 Å². The topological polar surface area (TPSA) is 86.8 Å². The molecule has 1 aliphatic carbocycles. The summed E-state index contributed by atoms with van der Waals surface area (Å²) in [5, 5.41) is 3.13. The van der Waals surface area contributed by atoms with E-state index in [1.54, 1.807) is 19.1 Å². The minimum Gasteiger partial charge on any atom is -0.352 e. The van der Waals surface area contributed by atoms with E-state index < -0.39 is 22.0 Å². The number of nitrogens with one attached hydrogen (secondary N) is 1. The fourth-order valence-corrected chi connectivity index (χ4v) is 5.71. The molecule has 2 aromatic carbocycles. The number of benzene rings is 2. The first-order chi connectivity index (χ1) is 17.8. The summed E-state index contributed by atoms with van der Waals surface area (Å²) in [4.78, 5) is 28.6. The van der Waals surface area contributed by atoms with Crippen LogP contribution in [0.25, 0.3) is 0 Å². The fourth-order valence-electron chi connectivity index (χ4n) is 4.86. The van der Waals surface area contributed by atoms with Gasteiger partial charge in [0.05, 0.1) is 11.9 Å². The molecule has 0 bridgehead atoms. The first-order valence-electron chi connectivity index (χ1n) is 13.5. The molecule has 3 rings (SSSR count). The maximum Gasteiger partial charge on any atom is 0.244 e. The number of hydrogen-bond donors (Lipinski definition) is 1. The summed E-state index contributed by atoms with van der Waals surface area (Å²) >= 11 is 0. The summed E-state index contributed by atoms with van der Waals surface area (Å²) in [5.41, 5.74) is 3.32. The maximum absolute atomic E-state index is 13.8. The van der Waals surface area contributed by atoms with Crippen molar-refractivity contribution in [3.63, 3.8) is 0 Å². The van der Waals surface area contributed by atoms with Crippen molar-refractivity contribution < 1.29 is 18.0 Å². The van der Waals surface area contributed by atoms with Crippen molar-refractivity contribution in [3.05, 3.63) is 65.2 Å². The normalized spacial score (nSPS) is 15.5. The van der Waals surface area contributed by atoms with Crippen molar-refractivity contribution in [3.8, 4) is 0 Å². The van der Waals surface area contributed by atoms with Gasteiger partial charge < -0.3 is 10.2 Å². The quantitative estimate of drug-likeness (QED) is 0.488. The van der Waals surface area contributed by atoms with Gasteiger partial charge >= 0.3 is 0 Å². The smallest absolute Gasteiger partial charge is 0.244 e. The molecule has 38 heavy (non-hydrogen) atoms. The predicted octanol–water partition coefficient (Wildman–Crippen LogP) is 4.92. The lowest BCUT2D eigenvalue weighted by atomic mass is 9.87. The van der Waals surface area contributed by atoms with E-state index >= 15 is 0 Å². The van der Waals surface area contributed by atoms with Gasteiger partial charge in [-0.3, -0.25) is 13.9 Å². The Bertz CT molecular complexity index is 1210. The number of carbonyl (C=O) groups excluding carboxylic acids is 2. The SMILES string of the molecule is Cc1ccccc1CN(C(=O)CN(c1ccc(C(C)(C)C)cc1)S(C)(=O)=O)C(C)C(=O)NC1CCCCC1. The van der Waals surface area contributed by atoms with Crippen LogP contribution >= 0.6 is 0 Å². The van der Waals surface area contributed by atoms with E-state index in [2.05, 4.69) is 26.1 Å².